The lowest BCUT2D eigenvalue weighted by Crippen LogP contribution is -2.69. The Kier molecular flexibility index (Phi) is 12.3. The van der Waals surface area contributed by atoms with Crippen molar-refractivity contribution in [2.24, 2.45) is 5.92 Å². The number of nitrogens with one attached hydrogen (secondary N) is 1. The highest BCUT2D eigenvalue weighted by Crippen LogP contribution is 2.33. The summed E-state index contributed by atoms with van der Waals surface area (Å²) in [5.41, 5.74) is 0. The van der Waals surface area contributed by atoms with Gasteiger partial charge in [-0.15, -0.1) is 0 Å². The predicted molar refractivity (Wildman–Crippen MR) is 138 cm³/mol. The molecule has 4 fully saturated rings. The molecule has 0 unspecified atom stereocenters. The van der Waals surface area contributed by atoms with Crippen LogP contribution in [0.1, 0.15) is 13.3 Å². The molecule has 0 spiro atoms. The third-order valence-corrected chi connectivity index (χ3v) is 8.89. The van der Waals surface area contributed by atoms with Gasteiger partial charge < -0.3 is 95.4 Å². The molecule has 1 aliphatic carbocycles. The smallest absolute Gasteiger partial charge is 0.187 e. The molecule has 3 heterocycles. The normalized spacial score (nSPS) is 53.9. The molecule has 3 aliphatic heterocycles. The Morgan fingerprint density at radius 1 is 0.568 bits per heavy atom. The topological polar surface area (TPSA) is 321 Å². The van der Waals surface area contributed by atoms with Crippen LogP contribution in [0.15, 0.2) is 0 Å². The fourth-order valence-corrected chi connectivity index (χ4v) is 6.17. The molecular weight excluding hydrogens is 602 g/mol. The summed E-state index contributed by atoms with van der Waals surface area (Å²) in [6.07, 6.45) is -27.4. The van der Waals surface area contributed by atoms with Gasteiger partial charge >= 0.3 is 0 Å². The van der Waals surface area contributed by atoms with E-state index in [-0.39, 0.29) is 6.42 Å². The molecule has 3 saturated heterocycles. The Morgan fingerprint density at radius 2 is 1.09 bits per heavy atom. The second-order valence-corrected chi connectivity index (χ2v) is 11.8. The van der Waals surface area contributed by atoms with E-state index in [0.717, 1.165) is 0 Å². The van der Waals surface area contributed by atoms with Crippen molar-refractivity contribution >= 4 is 0 Å². The van der Waals surface area contributed by atoms with Crippen molar-refractivity contribution in [2.75, 3.05) is 19.8 Å². The first-order chi connectivity index (χ1) is 20.7. The maximum Gasteiger partial charge on any atom is 0.187 e. The van der Waals surface area contributed by atoms with Crippen LogP contribution in [0.3, 0.4) is 0 Å². The molecule has 0 aromatic rings. The van der Waals surface area contributed by atoms with Crippen molar-refractivity contribution in [2.45, 2.75) is 130 Å². The maximum absolute atomic E-state index is 10.9. The van der Waals surface area contributed by atoms with Gasteiger partial charge in [0.1, 0.15) is 67.1 Å². The van der Waals surface area contributed by atoms with Crippen LogP contribution in [0, 0.1) is 5.92 Å². The molecule has 20 atom stereocenters. The molecule has 19 nitrogen and oxygen atoms in total. The summed E-state index contributed by atoms with van der Waals surface area (Å²) < 4.78 is 27.4. The lowest BCUT2D eigenvalue weighted by Gasteiger charge is -2.49. The average Bonchev–Trinajstić information content (AvgIpc) is 3.00. The summed E-state index contributed by atoms with van der Waals surface area (Å²) in [6.45, 7) is -0.584. The van der Waals surface area contributed by atoms with Crippen molar-refractivity contribution in [3.8, 4) is 0 Å². The molecule has 0 amide bonds. The van der Waals surface area contributed by atoms with Gasteiger partial charge in [0.25, 0.3) is 0 Å². The maximum atomic E-state index is 10.9. The van der Waals surface area contributed by atoms with Crippen LogP contribution >= 0.6 is 0 Å². The second kappa shape index (κ2) is 15.0. The van der Waals surface area contributed by atoms with Gasteiger partial charge in [0.2, 0.25) is 0 Å². The Balaban J connectivity index is 1.41. The van der Waals surface area contributed by atoms with Crippen LogP contribution in [-0.4, -0.2) is 203 Å². The predicted octanol–water partition coefficient (Wildman–Crippen LogP) is -8.48. The van der Waals surface area contributed by atoms with Gasteiger partial charge in [-0.1, -0.05) is 0 Å². The first-order valence-electron chi connectivity index (χ1n) is 14.4. The van der Waals surface area contributed by atoms with E-state index < -0.39 is 142 Å². The molecule has 14 N–H and O–H groups in total. The minimum Gasteiger partial charge on any atom is -0.396 e. The molecule has 0 aromatic carbocycles. The Labute approximate surface area is 251 Å². The van der Waals surface area contributed by atoms with Gasteiger partial charge in [-0.05, 0) is 13.3 Å². The van der Waals surface area contributed by atoms with Crippen LogP contribution in [0.4, 0.5) is 0 Å². The zero-order chi connectivity index (χ0) is 32.6. The van der Waals surface area contributed by atoms with Crippen LogP contribution in [-0.2, 0) is 23.7 Å². The van der Waals surface area contributed by atoms with E-state index in [2.05, 4.69) is 5.32 Å². The fourth-order valence-electron chi connectivity index (χ4n) is 6.17. The lowest BCUT2D eigenvalue weighted by atomic mass is 9.79. The van der Waals surface area contributed by atoms with E-state index in [9.17, 15) is 66.4 Å². The Bertz CT molecular complexity index is 901. The van der Waals surface area contributed by atoms with Crippen LogP contribution in [0.2, 0.25) is 0 Å². The number of rotatable bonds is 9. The molecule has 1 saturated carbocycles. The highest BCUT2D eigenvalue weighted by Gasteiger charge is 2.54. The minimum absolute atomic E-state index is 0.0232. The zero-order valence-electron chi connectivity index (χ0n) is 23.7. The van der Waals surface area contributed by atoms with Crippen molar-refractivity contribution in [3.05, 3.63) is 0 Å². The largest absolute Gasteiger partial charge is 0.396 e. The minimum atomic E-state index is -1.93. The molecule has 4 aliphatic rings. The van der Waals surface area contributed by atoms with E-state index in [4.69, 9.17) is 23.7 Å². The van der Waals surface area contributed by atoms with Crippen molar-refractivity contribution in [3.63, 3.8) is 0 Å². The molecule has 0 bridgehead atoms. The quantitative estimate of drug-likeness (QED) is 0.110. The van der Waals surface area contributed by atoms with Gasteiger partial charge in [-0.2, -0.15) is 0 Å². The van der Waals surface area contributed by atoms with Gasteiger partial charge in [0, 0.05) is 18.6 Å². The first kappa shape index (κ1) is 36.1. The highest BCUT2D eigenvalue weighted by atomic mass is 16.7. The molecule has 0 radical (unpaired) electrons. The summed E-state index contributed by atoms with van der Waals surface area (Å²) in [5, 5.41) is 136. The lowest BCUT2D eigenvalue weighted by molar-refractivity contribution is -0.374. The molecule has 44 heavy (non-hydrogen) atoms. The van der Waals surface area contributed by atoms with E-state index in [1.165, 1.54) is 6.92 Å². The fraction of sp³-hybridized carbons (Fsp3) is 1.00. The van der Waals surface area contributed by atoms with Crippen LogP contribution in [0.25, 0.3) is 0 Å². The van der Waals surface area contributed by atoms with Crippen LogP contribution in [0.5, 0.6) is 0 Å². The highest BCUT2D eigenvalue weighted by molar-refractivity contribution is 5.02. The van der Waals surface area contributed by atoms with Crippen molar-refractivity contribution in [1.82, 2.24) is 5.32 Å². The van der Waals surface area contributed by atoms with Gasteiger partial charge in [-0.25, -0.2) is 0 Å². The Hall–Kier alpha value is -0.760. The average molecular weight is 648 g/mol. The molecule has 19 heteroatoms. The van der Waals surface area contributed by atoms with E-state index in [1.54, 1.807) is 0 Å². The standard InChI is InChI=1S/C25H45NO18/c1-6-11(26-8-2-7(3-27)12(30)15(33)13(8)31)14(32)19(37)24(40-6)43-22-10(5-29)42-25(20(38)17(22)35)44-21-9(4-28)41-23(39)18(36)16(21)34/h6-39H,2-5H2,1H3/t6-,7-,8+,9-,10-,11-,12-,13+,14+,15+,16-,17-,18-,19-,20-,21-,22-,23+,24-,25-/m1/s1. The van der Waals surface area contributed by atoms with Crippen LogP contribution < -0.4 is 5.32 Å². The summed E-state index contributed by atoms with van der Waals surface area (Å²) in [6, 6.07) is -1.96. The third kappa shape index (κ3) is 7.06. The SMILES string of the molecule is C[C@H]1O[C@H](O[C@H]2[C@H](O)[C@@H](O)[C@@H](O[C@H]3[C@H](O)[C@@H](O)[C@@H](O)O[C@@H]3CO)O[C@@H]2CO)[C@H](O)[C@@H](O)[C@@H]1N[C@H]1C[C@H](CO)[C@@H](O)[C@H](O)[C@H]1O. The van der Waals surface area contributed by atoms with E-state index in [1.807, 2.05) is 0 Å². The van der Waals surface area contributed by atoms with Gasteiger partial charge in [-0.3, -0.25) is 0 Å². The monoisotopic (exact) mass is 647 g/mol. The van der Waals surface area contributed by atoms with Crippen molar-refractivity contribution < 1.29 is 90.1 Å². The Morgan fingerprint density at radius 3 is 1.66 bits per heavy atom. The third-order valence-electron chi connectivity index (χ3n) is 8.89. The van der Waals surface area contributed by atoms with E-state index in [0.29, 0.717) is 0 Å². The summed E-state index contributed by atoms with van der Waals surface area (Å²) in [4.78, 5) is 0. The van der Waals surface area contributed by atoms with Gasteiger partial charge in [0.05, 0.1) is 37.6 Å². The number of aliphatic hydroxyl groups excluding tert-OH is 13. The summed E-state index contributed by atoms with van der Waals surface area (Å²) in [5.74, 6) is -0.772. The molecule has 258 valence electrons. The molecule has 4 rings (SSSR count). The first-order valence-corrected chi connectivity index (χ1v) is 14.4. The molecule has 0 aromatic heterocycles. The molecular formula is C25H45NO18. The van der Waals surface area contributed by atoms with Gasteiger partial charge in [0.15, 0.2) is 18.9 Å². The number of hydrogen-bond acceptors (Lipinski definition) is 19. The number of hydrogen-bond donors (Lipinski definition) is 14. The number of aliphatic hydroxyl groups is 13. The van der Waals surface area contributed by atoms with E-state index >= 15 is 0 Å². The second-order valence-electron chi connectivity index (χ2n) is 11.8. The zero-order valence-corrected chi connectivity index (χ0v) is 23.7. The summed E-state index contributed by atoms with van der Waals surface area (Å²) >= 11 is 0. The summed E-state index contributed by atoms with van der Waals surface area (Å²) in [7, 11) is 0. The number of ether oxygens (including phenoxy) is 5. The van der Waals surface area contributed by atoms with Crippen molar-refractivity contribution in [1.29, 1.82) is 0 Å².